The summed E-state index contributed by atoms with van der Waals surface area (Å²) in [5.74, 6) is 1.50. The van der Waals surface area contributed by atoms with Crippen molar-refractivity contribution in [3.8, 4) is 12.3 Å². The highest BCUT2D eigenvalue weighted by Gasteiger charge is 2.12. The lowest BCUT2D eigenvalue weighted by molar-refractivity contribution is 0.0998. The third kappa shape index (κ3) is 3.22. The van der Waals surface area contributed by atoms with Gasteiger partial charge in [0, 0.05) is 15.6 Å². The van der Waals surface area contributed by atoms with Gasteiger partial charge in [-0.2, -0.15) is 4.99 Å². The van der Waals surface area contributed by atoms with Crippen LogP contribution in [0.1, 0.15) is 10.4 Å². The Hall–Kier alpha value is -2.13. The minimum atomic E-state index is -0.530. The van der Waals surface area contributed by atoms with Crippen molar-refractivity contribution >= 4 is 50.7 Å². The Labute approximate surface area is 151 Å². The van der Waals surface area contributed by atoms with Gasteiger partial charge in [-0.05, 0) is 30.3 Å². The van der Waals surface area contributed by atoms with Crippen molar-refractivity contribution in [2.24, 2.45) is 4.99 Å². The number of hydrogen-bond donors (Lipinski definition) is 0. The zero-order valence-electron chi connectivity index (χ0n) is 12.1. The number of rotatable bonds is 2. The summed E-state index contributed by atoms with van der Waals surface area (Å²) in [5, 5.41) is 0.667. The molecule has 3 rings (SSSR count). The molecule has 0 aliphatic heterocycles. The second-order valence-electron chi connectivity index (χ2n) is 4.84. The summed E-state index contributed by atoms with van der Waals surface area (Å²) >= 11 is 13.0. The molecule has 0 N–H and O–H groups in total. The molecule has 120 valence electrons. The van der Waals surface area contributed by atoms with E-state index in [-0.39, 0.29) is 12.1 Å². The monoisotopic (exact) mass is 378 g/mol. The first-order chi connectivity index (χ1) is 11.5. The van der Waals surface area contributed by atoms with Gasteiger partial charge in [-0.3, -0.25) is 4.79 Å². The van der Waals surface area contributed by atoms with Crippen LogP contribution in [0.25, 0.3) is 10.2 Å². The number of benzene rings is 2. The molecule has 1 aromatic heterocycles. The zero-order valence-corrected chi connectivity index (χ0v) is 14.4. The van der Waals surface area contributed by atoms with E-state index in [1.54, 1.807) is 12.1 Å². The highest BCUT2D eigenvalue weighted by Crippen LogP contribution is 2.21. The first kappa shape index (κ1) is 16.7. The molecule has 0 spiro atoms. The molecule has 0 atom stereocenters. The lowest BCUT2D eigenvalue weighted by atomic mass is 10.2. The van der Waals surface area contributed by atoms with E-state index in [0.717, 1.165) is 0 Å². The van der Waals surface area contributed by atoms with E-state index in [1.165, 1.54) is 40.2 Å². The van der Waals surface area contributed by atoms with E-state index in [0.29, 0.717) is 25.1 Å². The summed E-state index contributed by atoms with van der Waals surface area (Å²) in [6, 6.07) is 9.14. The molecule has 3 nitrogen and oxygen atoms in total. The fourth-order valence-electron chi connectivity index (χ4n) is 2.24. The van der Waals surface area contributed by atoms with Crippen molar-refractivity contribution in [1.82, 2.24) is 4.57 Å². The minimum Gasteiger partial charge on any atom is -0.302 e. The van der Waals surface area contributed by atoms with Crippen LogP contribution in [-0.4, -0.2) is 10.5 Å². The third-order valence-electron chi connectivity index (χ3n) is 3.21. The number of carbonyl (C=O) groups excluding carboxylic acids is 1. The predicted molar refractivity (Wildman–Crippen MR) is 95.0 cm³/mol. The van der Waals surface area contributed by atoms with Gasteiger partial charge in [0.15, 0.2) is 4.80 Å². The number of amides is 1. The van der Waals surface area contributed by atoms with E-state index >= 15 is 0 Å². The summed E-state index contributed by atoms with van der Waals surface area (Å²) in [4.78, 5) is 16.8. The number of carbonyl (C=O) groups is 1. The van der Waals surface area contributed by atoms with E-state index in [9.17, 15) is 9.18 Å². The topological polar surface area (TPSA) is 34.4 Å². The summed E-state index contributed by atoms with van der Waals surface area (Å²) < 4.78 is 16.3. The van der Waals surface area contributed by atoms with Gasteiger partial charge in [0.1, 0.15) is 5.82 Å². The molecule has 2 aromatic carbocycles. The van der Waals surface area contributed by atoms with Crippen LogP contribution < -0.4 is 4.80 Å². The number of aromatic nitrogens is 1. The van der Waals surface area contributed by atoms with Crippen LogP contribution in [0, 0.1) is 18.2 Å². The lowest BCUT2D eigenvalue weighted by Crippen LogP contribution is -2.17. The second kappa shape index (κ2) is 6.78. The van der Waals surface area contributed by atoms with Gasteiger partial charge in [0.25, 0.3) is 5.91 Å². The maximum atomic E-state index is 14.1. The number of fused-ring (bicyclic) bond motifs is 1. The van der Waals surface area contributed by atoms with Crippen molar-refractivity contribution in [3.05, 3.63) is 62.6 Å². The van der Waals surface area contributed by atoms with Crippen LogP contribution in [0.5, 0.6) is 0 Å². The Kier molecular flexibility index (Phi) is 4.72. The van der Waals surface area contributed by atoms with E-state index in [4.69, 9.17) is 29.6 Å². The van der Waals surface area contributed by atoms with Crippen LogP contribution in [0.2, 0.25) is 10.0 Å². The number of nitrogens with zero attached hydrogens (tertiary/aromatic N) is 2. The molecule has 0 bridgehead atoms. The molecule has 7 heteroatoms. The quantitative estimate of drug-likeness (QED) is 0.603. The smallest absolute Gasteiger partial charge is 0.279 e. The summed E-state index contributed by atoms with van der Waals surface area (Å²) in [7, 11) is 0. The second-order valence-corrected chi connectivity index (χ2v) is 6.72. The first-order valence-electron chi connectivity index (χ1n) is 6.76. The Morgan fingerprint density at radius 1 is 1.29 bits per heavy atom. The molecule has 0 saturated carbocycles. The normalized spacial score (nSPS) is 11.7. The zero-order chi connectivity index (χ0) is 17.3. The summed E-state index contributed by atoms with van der Waals surface area (Å²) in [5.41, 5.74) is 0.578. The average Bonchev–Trinajstić information content (AvgIpc) is 2.85. The van der Waals surface area contributed by atoms with E-state index in [2.05, 4.69) is 10.9 Å². The SMILES string of the molecule is C#CCn1c(=NC(=O)c2cc(Cl)cc(Cl)c2)sc2cccc(F)c21. The average molecular weight is 379 g/mol. The van der Waals surface area contributed by atoms with E-state index < -0.39 is 11.7 Å². The van der Waals surface area contributed by atoms with Gasteiger partial charge in [0.2, 0.25) is 0 Å². The van der Waals surface area contributed by atoms with Crippen molar-refractivity contribution in [1.29, 1.82) is 0 Å². The fourth-order valence-corrected chi connectivity index (χ4v) is 3.81. The maximum absolute atomic E-state index is 14.1. The van der Waals surface area contributed by atoms with Gasteiger partial charge in [-0.1, -0.05) is 46.5 Å². The number of halogens is 3. The van der Waals surface area contributed by atoms with Crippen molar-refractivity contribution in [2.75, 3.05) is 0 Å². The molecule has 0 radical (unpaired) electrons. The summed E-state index contributed by atoms with van der Waals surface area (Å²) in [6.45, 7) is 0.101. The Morgan fingerprint density at radius 3 is 2.67 bits per heavy atom. The number of terminal acetylenes is 1. The molecular formula is C17H9Cl2FN2OS. The van der Waals surface area contributed by atoms with Gasteiger partial charge in [-0.15, -0.1) is 6.42 Å². The highest BCUT2D eigenvalue weighted by atomic mass is 35.5. The largest absolute Gasteiger partial charge is 0.302 e. The fraction of sp³-hybridized carbons (Fsp3) is 0.0588. The molecule has 0 aliphatic carbocycles. The van der Waals surface area contributed by atoms with E-state index in [1.807, 2.05) is 0 Å². The molecule has 24 heavy (non-hydrogen) atoms. The van der Waals surface area contributed by atoms with Gasteiger partial charge < -0.3 is 4.57 Å². The predicted octanol–water partition coefficient (Wildman–Crippen LogP) is 4.52. The van der Waals surface area contributed by atoms with Crippen LogP contribution in [0.15, 0.2) is 41.4 Å². The molecule has 3 aromatic rings. The van der Waals surface area contributed by atoms with Gasteiger partial charge in [-0.25, -0.2) is 4.39 Å². The minimum absolute atomic E-state index is 0.101. The van der Waals surface area contributed by atoms with Crippen molar-refractivity contribution in [3.63, 3.8) is 0 Å². The van der Waals surface area contributed by atoms with Crippen molar-refractivity contribution < 1.29 is 9.18 Å². The lowest BCUT2D eigenvalue weighted by Gasteiger charge is -2.01. The Morgan fingerprint density at radius 2 is 2.00 bits per heavy atom. The Bertz CT molecular complexity index is 1040. The molecule has 0 aliphatic rings. The maximum Gasteiger partial charge on any atom is 0.279 e. The molecule has 0 unspecified atom stereocenters. The van der Waals surface area contributed by atoms with Gasteiger partial charge >= 0.3 is 0 Å². The standard InChI is InChI=1S/C17H9Cl2FN2OS/c1-2-6-22-15-13(20)4-3-5-14(15)24-17(22)21-16(23)10-7-11(18)9-12(19)8-10/h1,3-5,7-9H,6H2. The van der Waals surface area contributed by atoms with Crippen LogP contribution in [0.3, 0.4) is 0 Å². The molecule has 0 saturated heterocycles. The van der Waals surface area contributed by atoms with Crippen LogP contribution in [0.4, 0.5) is 4.39 Å². The van der Waals surface area contributed by atoms with Gasteiger partial charge in [0.05, 0.1) is 16.8 Å². The molecule has 0 fully saturated rings. The highest BCUT2D eigenvalue weighted by molar-refractivity contribution is 7.16. The number of thiazole rings is 1. The Balaban J connectivity index is 2.19. The molecule has 1 heterocycles. The number of hydrogen-bond acceptors (Lipinski definition) is 2. The molecular weight excluding hydrogens is 370 g/mol. The van der Waals surface area contributed by atoms with Crippen molar-refractivity contribution in [2.45, 2.75) is 6.54 Å². The number of para-hydroxylation sites is 1. The summed E-state index contributed by atoms with van der Waals surface area (Å²) in [6.07, 6.45) is 5.36. The van der Waals surface area contributed by atoms with Crippen LogP contribution in [-0.2, 0) is 6.54 Å². The van der Waals surface area contributed by atoms with Crippen LogP contribution >= 0.6 is 34.5 Å². The molecule has 1 amide bonds. The third-order valence-corrected chi connectivity index (χ3v) is 4.69. The first-order valence-corrected chi connectivity index (χ1v) is 8.33.